The molecule has 1 aliphatic rings. The number of halogens is 2. The van der Waals surface area contributed by atoms with Crippen molar-refractivity contribution in [3.05, 3.63) is 24.8 Å². The van der Waals surface area contributed by atoms with E-state index in [0.717, 1.165) is 48.8 Å². The standard InChI is InChI=1S/C16H21I2NO3/c1-2-3-4-16(5-7-19-8-6-16)22-15(21)12-9-11(17)10-13(18)14(12)20/h9-10,19-20H,2-8H2,1H3. The highest BCUT2D eigenvalue weighted by atomic mass is 127. The molecule has 1 aromatic rings. The van der Waals surface area contributed by atoms with E-state index in [1.54, 1.807) is 6.07 Å². The zero-order chi connectivity index (χ0) is 16.2. The average molecular weight is 529 g/mol. The van der Waals surface area contributed by atoms with Crippen LogP contribution in [0, 0.1) is 7.14 Å². The Balaban J connectivity index is 2.21. The molecule has 2 rings (SSSR count). The van der Waals surface area contributed by atoms with Crippen LogP contribution in [0.5, 0.6) is 5.75 Å². The maximum absolute atomic E-state index is 12.6. The molecule has 22 heavy (non-hydrogen) atoms. The van der Waals surface area contributed by atoms with Gasteiger partial charge in [-0.25, -0.2) is 4.79 Å². The number of ether oxygens (including phenoxy) is 1. The molecule has 0 radical (unpaired) electrons. The lowest BCUT2D eigenvalue weighted by Gasteiger charge is -2.37. The summed E-state index contributed by atoms with van der Waals surface area (Å²) in [5, 5.41) is 13.5. The molecular formula is C16H21I2NO3. The van der Waals surface area contributed by atoms with E-state index in [9.17, 15) is 9.90 Å². The molecule has 4 nitrogen and oxygen atoms in total. The Morgan fingerprint density at radius 3 is 2.68 bits per heavy atom. The fourth-order valence-electron chi connectivity index (χ4n) is 2.76. The van der Waals surface area contributed by atoms with Gasteiger partial charge in [-0.1, -0.05) is 13.3 Å². The van der Waals surface area contributed by atoms with Crippen LogP contribution >= 0.6 is 45.2 Å². The summed E-state index contributed by atoms with van der Waals surface area (Å²) in [5.41, 5.74) is -0.122. The molecule has 1 heterocycles. The van der Waals surface area contributed by atoms with Crippen LogP contribution < -0.4 is 5.32 Å². The zero-order valence-corrected chi connectivity index (χ0v) is 16.9. The summed E-state index contributed by atoms with van der Waals surface area (Å²) in [6.45, 7) is 3.88. The highest BCUT2D eigenvalue weighted by Gasteiger charge is 2.36. The second-order valence-corrected chi connectivity index (χ2v) is 8.12. The summed E-state index contributed by atoms with van der Waals surface area (Å²) in [7, 11) is 0. The van der Waals surface area contributed by atoms with Crippen molar-refractivity contribution < 1.29 is 14.6 Å². The second-order valence-electron chi connectivity index (χ2n) is 5.71. The van der Waals surface area contributed by atoms with Crippen molar-refractivity contribution in [1.82, 2.24) is 5.32 Å². The second kappa shape index (κ2) is 8.14. The number of rotatable bonds is 5. The Bertz CT molecular complexity index is 542. The van der Waals surface area contributed by atoms with Crippen molar-refractivity contribution in [2.24, 2.45) is 0 Å². The predicted octanol–water partition coefficient (Wildman–Crippen LogP) is 4.07. The normalized spacial score (nSPS) is 17.2. The van der Waals surface area contributed by atoms with Crippen molar-refractivity contribution in [2.75, 3.05) is 13.1 Å². The van der Waals surface area contributed by atoms with Crippen LogP contribution in [-0.2, 0) is 4.74 Å². The third kappa shape index (κ3) is 4.47. The quantitative estimate of drug-likeness (QED) is 0.447. The van der Waals surface area contributed by atoms with Gasteiger partial charge in [0.05, 0.1) is 3.57 Å². The van der Waals surface area contributed by atoms with Crippen LogP contribution in [0.2, 0.25) is 0 Å². The Hall–Kier alpha value is -0.0900. The lowest BCUT2D eigenvalue weighted by molar-refractivity contribution is -0.0398. The van der Waals surface area contributed by atoms with E-state index in [2.05, 4.69) is 34.8 Å². The van der Waals surface area contributed by atoms with Crippen molar-refractivity contribution in [1.29, 1.82) is 0 Å². The molecule has 6 heteroatoms. The number of carbonyl (C=O) groups is 1. The first kappa shape index (κ1) is 18.3. The topological polar surface area (TPSA) is 58.6 Å². The fourth-order valence-corrected chi connectivity index (χ4v) is 4.60. The molecule has 0 spiro atoms. The maximum Gasteiger partial charge on any atom is 0.342 e. The van der Waals surface area contributed by atoms with Gasteiger partial charge in [0, 0.05) is 3.57 Å². The highest BCUT2D eigenvalue weighted by molar-refractivity contribution is 14.1. The average Bonchev–Trinajstić information content (AvgIpc) is 2.49. The van der Waals surface area contributed by atoms with Crippen LogP contribution in [0.1, 0.15) is 49.4 Å². The van der Waals surface area contributed by atoms with Crippen LogP contribution in [0.4, 0.5) is 0 Å². The molecule has 0 bridgehead atoms. The highest BCUT2D eigenvalue weighted by Crippen LogP contribution is 2.33. The molecule has 0 unspecified atom stereocenters. The Kier molecular flexibility index (Phi) is 6.75. The number of hydrogen-bond acceptors (Lipinski definition) is 4. The van der Waals surface area contributed by atoms with Crippen molar-refractivity contribution in [2.45, 2.75) is 44.6 Å². The Labute approximate surface area is 158 Å². The molecule has 0 saturated carbocycles. The summed E-state index contributed by atoms with van der Waals surface area (Å²) in [6, 6.07) is 3.53. The molecule has 0 aromatic heterocycles. The largest absolute Gasteiger partial charge is 0.506 e. The van der Waals surface area contributed by atoms with Gasteiger partial charge in [0.15, 0.2) is 0 Å². The maximum atomic E-state index is 12.6. The smallest absolute Gasteiger partial charge is 0.342 e. The molecule has 1 fully saturated rings. The van der Waals surface area contributed by atoms with E-state index < -0.39 is 11.6 Å². The summed E-state index contributed by atoms with van der Waals surface area (Å²) < 4.78 is 7.50. The number of aromatic hydroxyl groups is 1. The molecule has 0 aliphatic carbocycles. The van der Waals surface area contributed by atoms with E-state index in [-0.39, 0.29) is 11.3 Å². The van der Waals surface area contributed by atoms with Crippen LogP contribution in [0.15, 0.2) is 12.1 Å². The molecule has 2 N–H and O–H groups in total. The minimum Gasteiger partial charge on any atom is -0.506 e. The van der Waals surface area contributed by atoms with Gasteiger partial charge in [-0.3, -0.25) is 0 Å². The van der Waals surface area contributed by atoms with Crippen LogP contribution in [0.3, 0.4) is 0 Å². The number of carbonyl (C=O) groups excluding carboxylic acids is 1. The number of phenolic OH excluding ortho intramolecular Hbond substituents is 1. The summed E-state index contributed by atoms with van der Waals surface area (Å²) >= 11 is 4.18. The van der Waals surface area contributed by atoms with E-state index in [1.807, 2.05) is 28.7 Å². The minimum absolute atomic E-state index is 0.0191. The van der Waals surface area contributed by atoms with Gasteiger partial charge >= 0.3 is 5.97 Å². The summed E-state index contributed by atoms with van der Waals surface area (Å²) in [4.78, 5) is 12.6. The van der Waals surface area contributed by atoms with Gasteiger partial charge in [-0.15, -0.1) is 0 Å². The lowest BCUT2D eigenvalue weighted by atomic mass is 9.87. The molecule has 1 aromatic carbocycles. The van der Waals surface area contributed by atoms with E-state index >= 15 is 0 Å². The molecule has 122 valence electrons. The monoisotopic (exact) mass is 529 g/mol. The van der Waals surface area contributed by atoms with Gasteiger partial charge in [-0.05, 0) is 96.1 Å². The third-order valence-corrected chi connectivity index (χ3v) is 5.50. The molecule has 1 aliphatic heterocycles. The van der Waals surface area contributed by atoms with Crippen molar-refractivity contribution in [3.8, 4) is 5.75 Å². The lowest BCUT2D eigenvalue weighted by Crippen LogP contribution is -2.45. The van der Waals surface area contributed by atoms with Crippen molar-refractivity contribution in [3.63, 3.8) is 0 Å². The minimum atomic E-state index is -0.410. The summed E-state index contributed by atoms with van der Waals surface area (Å²) in [5.74, 6) is -0.391. The number of phenols is 1. The van der Waals surface area contributed by atoms with E-state index in [1.165, 1.54) is 0 Å². The zero-order valence-electron chi connectivity index (χ0n) is 12.6. The number of esters is 1. The first-order valence-corrected chi connectivity index (χ1v) is 9.75. The van der Waals surface area contributed by atoms with Crippen LogP contribution in [0.25, 0.3) is 0 Å². The van der Waals surface area contributed by atoms with Gasteiger partial charge in [0.1, 0.15) is 16.9 Å². The number of piperidine rings is 1. The number of benzene rings is 1. The molecule has 0 amide bonds. The summed E-state index contributed by atoms with van der Waals surface area (Å²) in [6.07, 6.45) is 4.68. The van der Waals surface area contributed by atoms with Gasteiger partial charge in [0.25, 0.3) is 0 Å². The van der Waals surface area contributed by atoms with Gasteiger partial charge in [0.2, 0.25) is 0 Å². The van der Waals surface area contributed by atoms with Gasteiger partial charge in [-0.2, -0.15) is 0 Å². The first-order valence-electron chi connectivity index (χ1n) is 7.59. The van der Waals surface area contributed by atoms with Gasteiger partial charge < -0.3 is 15.2 Å². The van der Waals surface area contributed by atoms with Crippen molar-refractivity contribution >= 4 is 51.2 Å². The molecule has 1 saturated heterocycles. The molecular weight excluding hydrogens is 508 g/mol. The van der Waals surface area contributed by atoms with E-state index in [4.69, 9.17) is 4.74 Å². The Morgan fingerprint density at radius 2 is 2.05 bits per heavy atom. The Morgan fingerprint density at radius 1 is 1.36 bits per heavy atom. The first-order chi connectivity index (χ1) is 10.5. The number of hydrogen-bond donors (Lipinski definition) is 2. The predicted molar refractivity (Wildman–Crippen MR) is 103 cm³/mol. The fraction of sp³-hybridized carbons (Fsp3) is 0.562. The van der Waals surface area contributed by atoms with E-state index in [0.29, 0.717) is 3.57 Å². The number of nitrogens with one attached hydrogen (secondary N) is 1. The number of unbranched alkanes of at least 4 members (excludes halogenated alkanes) is 1. The SMILES string of the molecule is CCCCC1(OC(=O)c2cc(I)cc(I)c2O)CCNCC1. The molecule has 0 atom stereocenters. The third-order valence-electron chi connectivity index (χ3n) is 4.06. The van der Waals surface area contributed by atoms with Crippen LogP contribution in [-0.4, -0.2) is 29.8 Å².